The van der Waals surface area contributed by atoms with Crippen molar-refractivity contribution in [3.8, 4) is 5.95 Å². The molecular weight excluding hydrogens is 214 g/mol. The van der Waals surface area contributed by atoms with Crippen molar-refractivity contribution in [1.82, 2.24) is 24.8 Å². The molecule has 88 valence electrons. The Morgan fingerprint density at radius 2 is 2.35 bits per heavy atom. The SMILES string of the molecule is Cc1cc([C@H]2CCCN2)nc(-n2ccnc2)n1. The van der Waals surface area contributed by atoms with E-state index in [9.17, 15) is 0 Å². The van der Waals surface area contributed by atoms with E-state index >= 15 is 0 Å². The van der Waals surface area contributed by atoms with Crippen LogP contribution >= 0.6 is 0 Å². The van der Waals surface area contributed by atoms with E-state index in [1.807, 2.05) is 17.7 Å². The van der Waals surface area contributed by atoms with E-state index in [1.54, 1.807) is 12.5 Å². The van der Waals surface area contributed by atoms with Gasteiger partial charge >= 0.3 is 0 Å². The summed E-state index contributed by atoms with van der Waals surface area (Å²) in [5, 5.41) is 3.46. The Balaban J connectivity index is 2.00. The van der Waals surface area contributed by atoms with Crippen molar-refractivity contribution in [2.75, 3.05) is 6.54 Å². The number of nitrogens with one attached hydrogen (secondary N) is 1. The number of hydrogen-bond acceptors (Lipinski definition) is 4. The maximum absolute atomic E-state index is 4.61. The number of nitrogens with zero attached hydrogens (tertiary/aromatic N) is 4. The summed E-state index contributed by atoms with van der Waals surface area (Å²) >= 11 is 0. The van der Waals surface area contributed by atoms with Gasteiger partial charge in [0.1, 0.15) is 6.33 Å². The Hall–Kier alpha value is -1.75. The van der Waals surface area contributed by atoms with Crippen LogP contribution in [0.3, 0.4) is 0 Å². The minimum absolute atomic E-state index is 0.374. The second kappa shape index (κ2) is 4.25. The molecule has 5 heteroatoms. The topological polar surface area (TPSA) is 55.6 Å². The van der Waals surface area contributed by atoms with E-state index in [1.165, 1.54) is 6.42 Å². The first-order valence-corrected chi connectivity index (χ1v) is 5.90. The summed E-state index contributed by atoms with van der Waals surface area (Å²) < 4.78 is 1.84. The van der Waals surface area contributed by atoms with Gasteiger partial charge in [-0.3, -0.25) is 4.57 Å². The Morgan fingerprint density at radius 1 is 1.41 bits per heavy atom. The van der Waals surface area contributed by atoms with Gasteiger partial charge in [0.15, 0.2) is 0 Å². The second-order valence-electron chi connectivity index (χ2n) is 4.35. The van der Waals surface area contributed by atoms with Crippen molar-refractivity contribution in [2.24, 2.45) is 0 Å². The van der Waals surface area contributed by atoms with Gasteiger partial charge in [-0.25, -0.2) is 15.0 Å². The Bertz CT molecular complexity index is 500. The molecule has 0 radical (unpaired) electrons. The molecular formula is C12H15N5. The Morgan fingerprint density at radius 3 is 3.06 bits per heavy atom. The van der Waals surface area contributed by atoms with Gasteiger partial charge in [-0.15, -0.1) is 0 Å². The molecule has 1 aliphatic heterocycles. The molecule has 0 unspecified atom stereocenters. The molecule has 1 atom stereocenters. The molecule has 17 heavy (non-hydrogen) atoms. The molecule has 1 saturated heterocycles. The predicted molar refractivity (Wildman–Crippen MR) is 63.9 cm³/mol. The highest BCUT2D eigenvalue weighted by Gasteiger charge is 2.18. The maximum Gasteiger partial charge on any atom is 0.235 e. The molecule has 0 amide bonds. The lowest BCUT2D eigenvalue weighted by Gasteiger charge is -2.11. The molecule has 0 saturated carbocycles. The predicted octanol–water partition coefficient (Wildman–Crippen LogP) is 1.40. The van der Waals surface area contributed by atoms with Crippen molar-refractivity contribution < 1.29 is 0 Å². The molecule has 2 aromatic rings. The summed E-state index contributed by atoms with van der Waals surface area (Å²) in [4.78, 5) is 13.1. The molecule has 0 spiro atoms. The van der Waals surface area contributed by atoms with Gasteiger partial charge in [-0.2, -0.15) is 0 Å². The van der Waals surface area contributed by atoms with Crippen LogP contribution in [-0.2, 0) is 0 Å². The van der Waals surface area contributed by atoms with Crippen LogP contribution in [0.25, 0.3) is 5.95 Å². The Kier molecular flexibility index (Phi) is 2.60. The third kappa shape index (κ3) is 2.06. The first-order chi connectivity index (χ1) is 8.33. The molecule has 5 nitrogen and oxygen atoms in total. The van der Waals surface area contributed by atoms with Crippen LogP contribution in [0, 0.1) is 6.92 Å². The number of imidazole rings is 1. The molecule has 1 fully saturated rings. The summed E-state index contributed by atoms with van der Waals surface area (Å²) in [6.45, 7) is 3.08. The van der Waals surface area contributed by atoms with Crippen molar-refractivity contribution in [3.05, 3.63) is 36.2 Å². The van der Waals surface area contributed by atoms with Crippen LogP contribution in [0.4, 0.5) is 0 Å². The maximum atomic E-state index is 4.61. The van der Waals surface area contributed by atoms with Gasteiger partial charge < -0.3 is 5.32 Å². The zero-order valence-electron chi connectivity index (χ0n) is 9.80. The molecule has 1 aliphatic rings. The van der Waals surface area contributed by atoms with E-state index in [2.05, 4.69) is 26.3 Å². The van der Waals surface area contributed by atoms with Gasteiger partial charge in [-0.1, -0.05) is 0 Å². The Labute approximate surface area is 99.9 Å². The van der Waals surface area contributed by atoms with Crippen LogP contribution < -0.4 is 5.32 Å². The molecule has 3 rings (SSSR count). The normalized spacial score (nSPS) is 19.7. The van der Waals surface area contributed by atoms with E-state index in [0.717, 1.165) is 24.4 Å². The van der Waals surface area contributed by atoms with Gasteiger partial charge in [0, 0.05) is 24.1 Å². The summed E-state index contributed by atoms with van der Waals surface area (Å²) in [5.74, 6) is 0.700. The smallest absolute Gasteiger partial charge is 0.235 e. The van der Waals surface area contributed by atoms with E-state index in [4.69, 9.17) is 0 Å². The van der Waals surface area contributed by atoms with Crippen LogP contribution in [0.2, 0.25) is 0 Å². The van der Waals surface area contributed by atoms with Crippen LogP contribution in [0.1, 0.15) is 30.3 Å². The van der Waals surface area contributed by atoms with Crippen LogP contribution in [0.5, 0.6) is 0 Å². The zero-order valence-corrected chi connectivity index (χ0v) is 9.80. The molecule has 0 aromatic carbocycles. The van der Waals surface area contributed by atoms with Crippen molar-refractivity contribution >= 4 is 0 Å². The van der Waals surface area contributed by atoms with Crippen molar-refractivity contribution in [2.45, 2.75) is 25.8 Å². The fraction of sp³-hybridized carbons (Fsp3) is 0.417. The first-order valence-electron chi connectivity index (χ1n) is 5.90. The summed E-state index contributed by atoms with van der Waals surface area (Å²) in [7, 11) is 0. The standard InChI is InChI=1S/C12H15N5/c1-9-7-11(10-3-2-4-14-10)16-12(15-9)17-6-5-13-8-17/h5-8,10,14H,2-4H2,1H3/t10-/m1/s1. The quantitative estimate of drug-likeness (QED) is 0.845. The number of hydrogen-bond donors (Lipinski definition) is 1. The summed E-state index contributed by atoms with van der Waals surface area (Å²) in [6, 6.07) is 2.43. The molecule has 2 aromatic heterocycles. The lowest BCUT2D eigenvalue weighted by Crippen LogP contribution is -2.16. The van der Waals surface area contributed by atoms with Crippen LogP contribution in [0.15, 0.2) is 24.8 Å². The highest BCUT2D eigenvalue weighted by Crippen LogP contribution is 2.22. The van der Waals surface area contributed by atoms with E-state index in [-0.39, 0.29) is 0 Å². The third-order valence-corrected chi connectivity index (χ3v) is 3.01. The van der Waals surface area contributed by atoms with Gasteiger partial charge in [-0.05, 0) is 32.4 Å². The largest absolute Gasteiger partial charge is 0.309 e. The molecule has 0 bridgehead atoms. The first kappa shape index (κ1) is 10.4. The van der Waals surface area contributed by atoms with Crippen molar-refractivity contribution in [3.63, 3.8) is 0 Å². The lowest BCUT2D eigenvalue weighted by molar-refractivity contribution is 0.621. The van der Waals surface area contributed by atoms with Crippen molar-refractivity contribution in [1.29, 1.82) is 0 Å². The fourth-order valence-electron chi connectivity index (χ4n) is 2.19. The molecule has 3 heterocycles. The van der Waals surface area contributed by atoms with E-state index < -0.39 is 0 Å². The van der Waals surface area contributed by atoms with Crippen LogP contribution in [-0.4, -0.2) is 26.1 Å². The van der Waals surface area contributed by atoms with Gasteiger partial charge in [0.25, 0.3) is 0 Å². The zero-order chi connectivity index (χ0) is 11.7. The van der Waals surface area contributed by atoms with Gasteiger partial charge in [0.05, 0.1) is 5.69 Å². The number of aryl methyl sites for hydroxylation is 1. The minimum atomic E-state index is 0.374. The molecule has 0 aliphatic carbocycles. The summed E-state index contributed by atoms with van der Waals surface area (Å²) in [5.41, 5.74) is 2.08. The fourth-order valence-corrected chi connectivity index (χ4v) is 2.19. The average molecular weight is 229 g/mol. The highest BCUT2D eigenvalue weighted by atomic mass is 15.2. The highest BCUT2D eigenvalue weighted by molar-refractivity contribution is 5.21. The molecule has 1 N–H and O–H groups in total. The summed E-state index contributed by atoms with van der Waals surface area (Å²) in [6.07, 6.45) is 7.69. The number of rotatable bonds is 2. The second-order valence-corrected chi connectivity index (χ2v) is 4.35. The lowest BCUT2D eigenvalue weighted by atomic mass is 10.1. The average Bonchev–Trinajstić information content (AvgIpc) is 3.02. The number of aromatic nitrogens is 4. The van der Waals surface area contributed by atoms with E-state index in [0.29, 0.717) is 12.0 Å². The minimum Gasteiger partial charge on any atom is -0.309 e. The monoisotopic (exact) mass is 229 g/mol. The van der Waals surface area contributed by atoms with Gasteiger partial charge in [0.2, 0.25) is 5.95 Å². The third-order valence-electron chi connectivity index (χ3n) is 3.01.